The lowest BCUT2D eigenvalue weighted by Crippen LogP contribution is -2.37. The summed E-state index contributed by atoms with van der Waals surface area (Å²) in [5.41, 5.74) is 1.52. The molecule has 0 aromatic heterocycles. The van der Waals surface area contributed by atoms with Crippen LogP contribution in [0.4, 0.5) is 5.69 Å². The van der Waals surface area contributed by atoms with Gasteiger partial charge in [0.15, 0.2) is 0 Å². The van der Waals surface area contributed by atoms with Crippen LogP contribution in [0.25, 0.3) is 0 Å². The first-order valence-electron chi connectivity index (χ1n) is 8.09. The molecule has 0 spiro atoms. The van der Waals surface area contributed by atoms with E-state index in [0.29, 0.717) is 12.2 Å². The first-order valence-corrected chi connectivity index (χ1v) is 11.2. The van der Waals surface area contributed by atoms with Crippen LogP contribution in [0.15, 0.2) is 56.7 Å². The summed E-state index contributed by atoms with van der Waals surface area (Å²) in [7, 11) is -3.68. The lowest BCUT2D eigenvalue weighted by Gasteiger charge is -2.32. The number of carbonyl (C=O) groups is 1. The molecule has 0 fully saturated rings. The highest BCUT2D eigenvalue weighted by molar-refractivity contribution is 9.10. The molecule has 1 N–H and O–H groups in total. The van der Waals surface area contributed by atoms with Gasteiger partial charge in [0.2, 0.25) is 15.9 Å². The zero-order valence-electron chi connectivity index (χ0n) is 14.4. The van der Waals surface area contributed by atoms with Gasteiger partial charge in [0, 0.05) is 34.6 Å². The van der Waals surface area contributed by atoms with Crippen LogP contribution in [0.5, 0.6) is 0 Å². The maximum Gasteiger partial charge on any atom is 0.240 e. The second-order valence-corrected chi connectivity index (χ2v) is 10.3. The molecule has 0 bridgehead atoms. The largest absolute Gasteiger partial charge is 0.310 e. The Bertz CT molecular complexity index is 947. The number of carbonyl (C=O) groups excluding carboxylic acids is 1. The van der Waals surface area contributed by atoms with Crippen LogP contribution in [0, 0.1) is 0 Å². The second kappa shape index (κ2) is 7.72. The summed E-state index contributed by atoms with van der Waals surface area (Å²) >= 11 is 5.03. The molecule has 8 heteroatoms. The Labute approximate surface area is 166 Å². The van der Waals surface area contributed by atoms with Gasteiger partial charge in [0.1, 0.15) is 0 Å². The Kier molecular flexibility index (Phi) is 5.76. The van der Waals surface area contributed by atoms with E-state index in [-0.39, 0.29) is 22.6 Å². The number of halogens is 1. The number of thioether (sulfide) groups is 1. The lowest BCUT2D eigenvalue weighted by molar-refractivity contribution is -0.116. The predicted octanol–water partition coefficient (Wildman–Crippen LogP) is 3.77. The second-order valence-electron chi connectivity index (χ2n) is 6.14. The van der Waals surface area contributed by atoms with Crippen molar-refractivity contribution in [2.24, 2.45) is 0 Å². The van der Waals surface area contributed by atoms with E-state index in [1.807, 2.05) is 31.2 Å². The van der Waals surface area contributed by atoms with Crippen LogP contribution in [0.3, 0.4) is 0 Å². The van der Waals surface area contributed by atoms with E-state index >= 15 is 0 Å². The number of rotatable bonds is 4. The number of sulfonamides is 1. The Balaban J connectivity index is 1.86. The average Bonchev–Trinajstić information content (AvgIpc) is 2.59. The molecule has 0 unspecified atom stereocenters. The highest BCUT2D eigenvalue weighted by atomic mass is 79.9. The van der Waals surface area contributed by atoms with Crippen molar-refractivity contribution in [1.82, 2.24) is 4.72 Å². The molecule has 2 aromatic rings. The molecule has 138 valence electrons. The standard InChI is InChI=1S/C18H19BrN2O3S2/c1-12-11-21(13(2)22)17-9-16(6-7-18(17)25-12)26(23,24)20-10-14-4-3-5-15(19)8-14/h3-9,12,20H,10-11H2,1-2H3/t12-/m0/s1. The van der Waals surface area contributed by atoms with Gasteiger partial charge in [-0.05, 0) is 35.9 Å². The van der Waals surface area contributed by atoms with Gasteiger partial charge in [0.05, 0.1) is 10.6 Å². The maximum atomic E-state index is 12.7. The molecule has 0 aliphatic carbocycles. The number of hydrogen-bond acceptors (Lipinski definition) is 4. The summed E-state index contributed by atoms with van der Waals surface area (Å²) in [5, 5.41) is 0.267. The van der Waals surface area contributed by atoms with E-state index in [9.17, 15) is 13.2 Å². The molecule has 0 saturated heterocycles. The fourth-order valence-corrected chi connectivity index (χ4v) is 5.37. The number of amides is 1. The molecule has 0 radical (unpaired) electrons. The van der Waals surface area contributed by atoms with E-state index in [0.717, 1.165) is 14.9 Å². The molecule has 1 aliphatic rings. The number of nitrogens with one attached hydrogen (secondary N) is 1. The first kappa shape index (κ1) is 19.4. The summed E-state index contributed by atoms with van der Waals surface area (Å²) < 4.78 is 28.9. The van der Waals surface area contributed by atoms with Crippen molar-refractivity contribution in [2.45, 2.75) is 35.4 Å². The van der Waals surface area contributed by atoms with Gasteiger partial charge >= 0.3 is 0 Å². The highest BCUT2D eigenvalue weighted by Gasteiger charge is 2.27. The van der Waals surface area contributed by atoms with Crippen LogP contribution in [0.1, 0.15) is 19.4 Å². The first-order chi connectivity index (χ1) is 12.3. The quantitative estimate of drug-likeness (QED) is 0.762. The van der Waals surface area contributed by atoms with E-state index < -0.39 is 10.0 Å². The normalized spacial score (nSPS) is 17.0. The van der Waals surface area contributed by atoms with Gasteiger partial charge in [-0.25, -0.2) is 13.1 Å². The number of fused-ring (bicyclic) bond motifs is 1. The Hall–Kier alpha value is -1.35. The molecular weight excluding hydrogens is 436 g/mol. The van der Waals surface area contributed by atoms with E-state index in [1.54, 1.807) is 34.9 Å². The minimum atomic E-state index is -3.68. The third-order valence-electron chi connectivity index (χ3n) is 4.03. The zero-order valence-corrected chi connectivity index (χ0v) is 17.6. The molecular formula is C18H19BrN2O3S2. The van der Waals surface area contributed by atoms with E-state index in [1.165, 1.54) is 6.92 Å². The van der Waals surface area contributed by atoms with E-state index in [2.05, 4.69) is 20.7 Å². The smallest absolute Gasteiger partial charge is 0.240 e. The summed E-state index contributed by atoms with van der Waals surface area (Å²) in [4.78, 5) is 14.7. The molecule has 26 heavy (non-hydrogen) atoms. The Morgan fingerprint density at radius 1 is 1.31 bits per heavy atom. The highest BCUT2D eigenvalue weighted by Crippen LogP contribution is 2.39. The van der Waals surface area contributed by atoms with E-state index in [4.69, 9.17) is 0 Å². The third-order valence-corrected chi connectivity index (χ3v) is 7.08. The van der Waals surface area contributed by atoms with Crippen LogP contribution >= 0.6 is 27.7 Å². The molecule has 1 heterocycles. The van der Waals surface area contributed by atoms with Gasteiger partial charge in [-0.3, -0.25) is 4.79 Å². The van der Waals surface area contributed by atoms with Crippen molar-refractivity contribution < 1.29 is 13.2 Å². The lowest BCUT2D eigenvalue weighted by atomic mass is 10.2. The Morgan fingerprint density at radius 3 is 2.77 bits per heavy atom. The molecule has 0 saturated carbocycles. The summed E-state index contributed by atoms with van der Waals surface area (Å²) in [6.45, 7) is 4.32. The molecule has 3 rings (SSSR count). The van der Waals surface area contributed by atoms with Crippen LogP contribution < -0.4 is 9.62 Å². The van der Waals surface area contributed by atoms with Crippen LogP contribution in [-0.2, 0) is 21.4 Å². The number of nitrogens with zero attached hydrogens (tertiary/aromatic N) is 1. The van der Waals surface area contributed by atoms with Crippen molar-refractivity contribution >= 4 is 49.3 Å². The predicted molar refractivity (Wildman–Crippen MR) is 108 cm³/mol. The molecule has 1 amide bonds. The number of hydrogen-bond donors (Lipinski definition) is 1. The van der Waals surface area contributed by atoms with Gasteiger partial charge < -0.3 is 4.90 Å². The van der Waals surface area contributed by atoms with Gasteiger partial charge in [0.25, 0.3) is 0 Å². The monoisotopic (exact) mass is 454 g/mol. The number of anilines is 1. The van der Waals surface area contributed by atoms with Crippen molar-refractivity contribution in [3.63, 3.8) is 0 Å². The summed E-state index contributed by atoms with van der Waals surface area (Å²) in [6, 6.07) is 12.4. The summed E-state index contributed by atoms with van der Waals surface area (Å²) in [6.07, 6.45) is 0. The minimum absolute atomic E-state index is 0.0879. The zero-order chi connectivity index (χ0) is 18.9. The van der Waals surface area contributed by atoms with Crippen molar-refractivity contribution in [3.8, 4) is 0 Å². The number of benzene rings is 2. The third kappa shape index (κ3) is 4.31. The molecule has 1 aliphatic heterocycles. The molecule has 5 nitrogen and oxygen atoms in total. The Morgan fingerprint density at radius 2 is 2.08 bits per heavy atom. The van der Waals surface area contributed by atoms with Gasteiger partial charge in [-0.2, -0.15) is 0 Å². The van der Waals surface area contributed by atoms with Crippen molar-refractivity contribution in [1.29, 1.82) is 0 Å². The minimum Gasteiger partial charge on any atom is -0.310 e. The molecule has 2 aromatic carbocycles. The fourth-order valence-electron chi connectivity index (χ4n) is 2.79. The van der Waals surface area contributed by atoms with Crippen LogP contribution in [0.2, 0.25) is 0 Å². The van der Waals surface area contributed by atoms with Crippen molar-refractivity contribution in [2.75, 3.05) is 11.4 Å². The van der Waals surface area contributed by atoms with Crippen LogP contribution in [-0.4, -0.2) is 26.1 Å². The maximum absolute atomic E-state index is 12.7. The van der Waals surface area contributed by atoms with Crippen molar-refractivity contribution in [3.05, 3.63) is 52.5 Å². The fraction of sp³-hybridized carbons (Fsp3) is 0.278. The average molecular weight is 455 g/mol. The topological polar surface area (TPSA) is 66.5 Å². The molecule has 1 atom stereocenters. The van der Waals surface area contributed by atoms with Gasteiger partial charge in [-0.15, -0.1) is 11.8 Å². The SMILES string of the molecule is CC(=O)N1C[C@H](C)Sc2ccc(S(=O)(=O)NCc3cccc(Br)c3)cc21. The van der Waals surface area contributed by atoms with Gasteiger partial charge in [-0.1, -0.05) is 35.0 Å². The summed E-state index contributed by atoms with van der Waals surface area (Å²) in [5.74, 6) is -0.0879.